The van der Waals surface area contributed by atoms with Gasteiger partial charge in [-0.1, -0.05) is 0 Å². The summed E-state index contributed by atoms with van der Waals surface area (Å²) in [7, 11) is 3.82. The van der Waals surface area contributed by atoms with Crippen molar-refractivity contribution < 1.29 is 4.79 Å². The molecule has 0 spiro atoms. The van der Waals surface area contributed by atoms with E-state index in [1.165, 1.54) is 10.9 Å². The quantitative estimate of drug-likeness (QED) is 0.748. The fourth-order valence-corrected chi connectivity index (χ4v) is 2.14. The van der Waals surface area contributed by atoms with E-state index in [1.807, 2.05) is 0 Å². The Morgan fingerprint density at radius 3 is 2.65 bits per heavy atom. The highest BCUT2D eigenvalue weighted by atomic mass is 16.2. The van der Waals surface area contributed by atoms with Crippen LogP contribution >= 0.6 is 0 Å². The van der Waals surface area contributed by atoms with Gasteiger partial charge in [-0.25, -0.2) is 0 Å². The van der Waals surface area contributed by atoms with Crippen molar-refractivity contribution in [2.75, 3.05) is 25.9 Å². The summed E-state index contributed by atoms with van der Waals surface area (Å²) >= 11 is 0. The highest BCUT2D eigenvalue weighted by Gasteiger charge is 2.21. The first-order chi connectivity index (χ1) is 8.08. The van der Waals surface area contributed by atoms with E-state index < -0.39 is 0 Å². The number of hydrogen-bond acceptors (Lipinski definition) is 4. The van der Waals surface area contributed by atoms with Gasteiger partial charge in [-0.15, -0.1) is 0 Å². The third-order valence-electron chi connectivity index (χ3n) is 3.24. The summed E-state index contributed by atoms with van der Waals surface area (Å²) in [6, 6.07) is 0.244. The molecule has 94 valence electrons. The van der Waals surface area contributed by atoms with E-state index in [0.29, 0.717) is 11.4 Å². The third kappa shape index (κ3) is 2.58. The molecule has 1 aromatic heterocycles. The molecule has 0 unspecified atom stereocenters. The summed E-state index contributed by atoms with van der Waals surface area (Å²) in [6.07, 6.45) is 3.48. The van der Waals surface area contributed by atoms with Crippen LogP contribution in [0.25, 0.3) is 0 Å². The lowest BCUT2D eigenvalue weighted by molar-refractivity contribution is 0.0908. The van der Waals surface area contributed by atoms with Gasteiger partial charge in [0, 0.05) is 13.1 Å². The maximum Gasteiger partial charge on any atom is 0.271 e. The topological polar surface area (TPSA) is 76.2 Å². The summed E-state index contributed by atoms with van der Waals surface area (Å²) in [4.78, 5) is 14.3. The van der Waals surface area contributed by atoms with E-state index in [0.717, 1.165) is 25.9 Å². The molecule has 2 heterocycles. The van der Waals surface area contributed by atoms with Gasteiger partial charge in [-0.2, -0.15) is 5.10 Å². The molecular formula is C11H19N5O. The number of anilines is 1. The van der Waals surface area contributed by atoms with Gasteiger partial charge in [0.1, 0.15) is 5.69 Å². The van der Waals surface area contributed by atoms with Gasteiger partial charge >= 0.3 is 0 Å². The molecule has 1 aliphatic rings. The maximum atomic E-state index is 12.0. The summed E-state index contributed by atoms with van der Waals surface area (Å²) in [6.45, 7) is 2.04. The molecule has 0 radical (unpaired) electrons. The predicted molar refractivity (Wildman–Crippen MR) is 65.6 cm³/mol. The number of aromatic nitrogens is 2. The molecule has 0 atom stereocenters. The molecule has 0 aliphatic carbocycles. The van der Waals surface area contributed by atoms with Crippen molar-refractivity contribution in [1.82, 2.24) is 20.0 Å². The van der Waals surface area contributed by atoms with Gasteiger partial charge in [0.2, 0.25) is 0 Å². The van der Waals surface area contributed by atoms with Crippen molar-refractivity contribution in [1.29, 1.82) is 0 Å². The smallest absolute Gasteiger partial charge is 0.271 e. The molecule has 17 heavy (non-hydrogen) atoms. The second kappa shape index (κ2) is 4.75. The van der Waals surface area contributed by atoms with Crippen LogP contribution in [0.1, 0.15) is 23.3 Å². The third-order valence-corrected chi connectivity index (χ3v) is 3.24. The Kier molecular flexibility index (Phi) is 3.33. The number of carbonyl (C=O) groups is 1. The Morgan fingerprint density at radius 2 is 2.12 bits per heavy atom. The molecule has 2 rings (SSSR count). The lowest BCUT2D eigenvalue weighted by Gasteiger charge is -2.29. The lowest BCUT2D eigenvalue weighted by atomic mass is 10.1. The Hall–Kier alpha value is -1.56. The van der Waals surface area contributed by atoms with Gasteiger partial charge in [-0.3, -0.25) is 9.48 Å². The highest BCUT2D eigenvalue weighted by Crippen LogP contribution is 2.12. The van der Waals surface area contributed by atoms with Gasteiger partial charge in [0.25, 0.3) is 5.91 Å². The Labute approximate surface area is 101 Å². The number of nitrogen functional groups attached to an aromatic ring is 1. The normalized spacial score (nSPS) is 18.2. The molecule has 1 aliphatic heterocycles. The number of piperidine rings is 1. The van der Waals surface area contributed by atoms with Gasteiger partial charge in [-0.05, 0) is 33.0 Å². The predicted octanol–water partition coefficient (Wildman–Crippen LogP) is -0.174. The van der Waals surface area contributed by atoms with Crippen molar-refractivity contribution in [3.8, 4) is 0 Å². The number of nitrogens with two attached hydrogens (primary N) is 1. The van der Waals surface area contributed by atoms with Crippen molar-refractivity contribution >= 4 is 11.6 Å². The van der Waals surface area contributed by atoms with Crippen LogP contribution in [-0.4, -0.2) is 46.8 Å². The molecule has 0 bridgehead atoms. The Morgan fingerprint density at radius 1 is 1.47 bits per heavy atom. The zero-order valence-electron chi connectivity index (χ0n) is 10.3. The van der Waals surface area contributed by atoms with E-state index in [9.17, 15) is 4.79 Å². The van der Waals surface area contributed by atoms with Crippen LogP contribution in [0.4, 0.5) is 5.69 Å². The number of nitrogens with zero attached hydrogens (tertiary/aromatic N) is 3. The average Bonchev–Trinajstić information content (AvgIpc) is 2.62. The fourth-order valence-electron chi connectivity index (χ4n) is 2.14. The van der Waals surface area contributed by atoms with Gasteiger partial charge in [0.15, 0.2) is 0 Å². The first-order valence-electron chi connectivity index (χ1n) is 5.85. The van der Waals surface area contributed by atoms with Gasteiger partial charge < -0.3 is 16.0 Å². The molecule has 0 saturated carbocycles. The number of carbonyl (C=O) groups excluding carboxylic acids is 1. The van der Waals surface area contributed by atoms with Crippen LogP contribution in [-0.2, 0) is 7.05 Å². The van der Waals surface area contributed by atoms with Crippen molar-refractivity contribution in [2.24, 2.45) is 7.05 Å². The molecule has 1 amide bonds. The Bertz CT molecular complexity index is 386. The van der Waals surface area contributed by atoms with Gasteiger partial charge in [0.05, 0.1) is 11.9 Å². The number of rotatable bonds is 2. The number of nitrogens with one attached hydrogen (secondary N) is 1. The monoisotopic (exact) mass is 237 g/mol. The SMILES string of the molecule is CN1CCC(NC(=O)c2c(N)cnn2C)CC1. The maximum absolute atomic E-state index is 12.0. The highest BCUT2D eigenvalue weighted by molar-refractivity contribution is 5.97. The number of likely N-dealkylation sites (tertiary alicyclic amines) is 1. The molecule has 1 aromatic rings. The van der Waals surface area contributed by atoms with E-state index >= 15 is 0 Å². The first-order valence-corrected chi connectivity index (χ1v) is 5.85. The van der Waals surface area contributed by atoms with E-state index in [1.54, 1.807) is 7.05 Å². The lowest BCUT2D eigenvalue weighted by Crippen LogP contribution is -2.43. The molecule has 0 aromatic carbocycles. The minimum Gasteiger partial charge on any atom is -0.396 e. The Balaban J connectivity index is 1.98. The second-order valence-corrected chi connectivity index (χ2v) is 4.62. The second-order valence-electron chi connectivity index (χ2n) is 4.62. The summed E-state index contributed by atoms with van der Waals surface area (Å²) < 4.78 is 1.51. The first kappa shape index (κ1) is 11.9. The van der Waals surface area contributed by atoms with Crippen LogP contribution in [0.3, 0.4) is 0 Å². The molecule has 1 fully saturated rings. The zero-order valence-corrected chi connectivity index (χ0v) is 10.3. The number of amides is 1. The summed E-state index contributed by atoms with van der Waals surface area (Å²) in [5, 5.41) is 6.98. The largest absolute Gasteiger partial charge is 0.396 e. The molecular weight excluding hydrogens is 218 g/mol. The summed E-state index contributed by atoms with van der Waals surface area (Å²) in [5.41, 5.74) is 6.59. The van der Waals surface area contributed by atoms with Crippen LogP contribution in [0.5, 0.6) is 0 Å². The summed E-state index contributed by atoms with van der Waals surface area (Å²) in [5.74, 6) is -0.128. The minimum absolute atomic E-state index is 0.128. The van der Waals surface area contributed by atoms with Crippen LogP contribution < -0.4 is 11.1 Å². The van der Waals surface area contributed by atoms with E-state index in [-0.39, 0.29) is 11.9 Å². The molecule has 6 heteroatoms. The van der Waals surface area contributed by atoms with Crippen molar-refractivity contribution in [3.63, 3.8) is 0 Å². The number of aryl methyl sites for hydroxylation is 1. The van der Waals surface area contributed by atoms with Crippen molar-refractivity contribution in [3.05, 3.63) is 11.9 Å². The van der Waals surface area contributed by atoms with Crippen LogP contribution in [0, 0.1) is 0 Å². The van der Waals surface area contributed by atoms with Crippen LogP contribution in [0.15, 0.2) is 6.20 Å². The molecule has 3 N–H and O–H groups in total. The number of hydrogen-bond donors (Lipinski definition) is 2. The van der Waals surface area contributed by atoms with E-state index in [4.69, 9.17) is 5.73 Å². The zero-order chi connectivity index (χ0) is 12.4. The molecule has 1 saturated heterocycles. The van der Waals surface area contributed by atoms with E-state index in [2.05, 4.69) is 22.4 Å². The van der Waals surface area contributed by atoms with Crippen molar-refractivity contribution in [2.45, 2.75) is 18.9 Å². The van der Waals surface area contributed by atoms with Crippen LogP contribution in [0.2, 0.25) is 0 Å². The average molecular weight is 237 g/mol. The minimum atomic E-state index is -0.128. The fraction of sp³-hybridized carbons (Fsp3) is 0.636. The molecule has 6 nitrogen and oxygen atoms in total. The standard InChI is InChI=1S/C11H19N5O/c1-15-5-3-8(4-6-15)14-11(17)10-9(12)7-13-16(10)2/h7-8H,3-6,12H2,1-2H3,(H,14,17).